The zero-order chi connectivity index (χ0) is 32.8. The van der Waals surface area contributed by atoms with Gasteiger partial charge in [-0.2, -0.15) is 0 Å². The third kappa shape index (κ3) is 7.37. The minimum Gasteiger partial charge on any atom is -0.493 e. The number of ether oxygens (including phenoxy) is 2. The molecule has 5 rings (SSSR count). The molecule has 4 aromatic rings. The molecule has 12 heteroatoms. The van der Waals surface area contributed by atoms with E-state index in [1.807, 2.05) is 0 Å². The maximum absolute atomic E-state index is 13.6. The number of rotatable bonds is 10. The van der Waals surface area contributed by atoms with E-state index in [1.54, 1.807) is 78.9 Å². The zero-order valence-corrected chi connectivity index (χ0v) is 26.9. The minimum atomic E-state index is -0.686. The number of para-hydroxylation sites is 1. The fraction of sp³-hybridized carbons (Fsp3) is 0.118. The molecule has 234 valence electrons. The average Bonchev–Trinajstić information content (AvgIpc) is 3.33. The van der Waals surface area contributed by atoms with Gasteiger partial charge in [0.25, 0.3) is 11.8 Å². The van der Waals surface area contributed by atoms with Crippen LogP contribution >= 0.6 is 35.0 Å². The monoisotopic (exact) mass is 675 g/mol. The summed E-state index contributed by atoms with van der Waals surface area (Å²) in [4.78, 5) is 54.5. The minimum absolute atomic E-state index is 0.0128. The van der Waals surface area contributed by atoms with E-state index < -0.39 is 17.1 Å². The maximum Gasteiger partial charge on any atom is 0.272 e. The second-order valence-electron chi connectivity index (χ2n) is 9.92. The molecule has 46 heavy (non-hydrogen) atoms. The third-order valence-electron chi connectivity index (χ3n) is 6.90. The van der Waals surface area contributed by atoms with Crippen LogP contribution in [0.5, 0.6) is 11.5 Å². The summed E-state index contributed by atoms with van der Waals surface area (Å²) in [7, 11) is 2.98. The molecule has 0 aromatic heterocycles. The number of anilines is 2. The molecule has 2 N–H and O–H groups in total. The van der Waals surface area contributed by atoms with Gasteiger partial charge in [0.1, 0.15) is 5.70 Å². The van der Waals surface area contributed by atoms with Crippen molar-refractivity contribution in [2.24, 2.45) is 0 Å². The Hall–Kier alpha value is -4.77. The van der Waals surface area contributed by atoms with Gasteiger partial charge in [0.05, 0.1) is 35.2 Å². The van der Waals surface area contributed by atoms with E-state index in [0.29, 0.717) is 43.9 Å². The second kappa shape index (κ2) is 14.6. The van der Waals surface area contributed by atoms with Gasteiger partial charge in [-0.05, 0) is 60.7 Å². The zero-order valence-electron chi connectivity index (χ0n) is 24.6. The van der Waals surface area contributed by atoms with Crippen LogP contribution in [0, 0.1) is 0 Å². The standard InChI is InChI=1S/C34H27Cl2N3O6S/c1-44-28-13-6-10-21(31(28)45-2)16-27(38-32(41)20-8-4-3-5-9-20)33(42)37-22-11-7-12-24(17-22)46-29-19-30(40)39(34(29)43)23-14-15-25(35)26(36)18-23/h3-18,29H,19H2,1-2H3,(H,37,42)(H,38,41)/b27-16-/t29-/m1/s1. The van der Waals surface area contributed by atoms with Gasteiger partial charge in [0.2, 0.25) is 11.8 Å². The molecule has 1 aliphatic heterocycles. The fourth-order valence-corrected chi connectivity index (χ4v) is 6.13. The SMILES string of the molecule is COc1cccc(/C=C(\NC(=O)c2ccccc2)C(=O)Nc2cccc(S[C@@H]3CC(=O)N(c4ccc(Cl)c(Cl)c4)C3=O)c2)c1OC. The Labute approximate surface area is 279 Å². The lowest BCUT2D eigenvalue weighted by atomic mass is 10.1. The lowest BCUT2D eigenvalue weighted by Crippen LogP contribution is -2.31. The fourth-order valence-electron chi connectivity index (χ4n) is 4.72. The molecule has 1 saturated heterocycles. The Kier molecular flexibility index (Phi) is 10.3. The molecule has 1 atom stereocenters. The van der Waals surface area contributed by atoms with E-state index in [4.69, 9.17) is 32.7 Å². The molecular formula is C34H27Cl2N3O6S. The molecule has 9 nitrogen and oxygen atoms in total. The number of hydrogen-bond donors (Lipinski definition) is 2. The average molecular weight is 677 g/mol. The van der Waals surface area contributed by atoms with Crippen LogP contribution in [-0.2, 0) is 14.4 Å². The van der Waals surface area contributed by atoms with Gasteiger partial charge in [-0.15, -0.1) is 11.8 Å². The van der Waals surface area contributed by atoms with Crippen molar-refractivity contribution in [3.63, 3.8) is 0 Å². The van der Waals surface area contributed by atoms with E-state index >= 15 is 0 Å². The van der Waals surface area contributed by atoms with Crippen molar-refractivity contribution in [2.45, 2.75) is 16.6 Å². The lowest BCUT2D eigenvalue weighted by Gasteiger charge is -2.16. The first-order chi connectivity index (χ1) is 22.2. The number of benzene rings is 4. The Bertz CT molecular complexity index is 1850. The summed E-state index contributed by atoms with van der Waals surface area (Å²) >= 11 is 13.3. The number of carbonyl (C=O) groups is 4. The van der Waals surface area contributed by atoms with Crippen LogP contribution in [-0.4, -0.2) is 43.1 Å². The van der Waals surface area contributed by atoms with E-state index in [2.05, 4.69) is 10.6 Å². The first-order valence-corrected chi connectivity index (χ1v) is 15.5. The number of methoxy groups -OCH3 is 2. The number of amides is 4. The first-order valence-electron chi connectivity index (χ1n) is 13.9. The number of hydrogen-bond acceptors (Lipinski definition) is 7. The Morgan fingerprint density at radius 1 is 0.891 bits per heavy atom. The second-order valence-corrected chi connectivity index (χ2v) is 12.0. The van der Waals surface area contributed by atoms with Crippen molar-refractivity contribution in [2.75, 3.05) is 24.4 Å². The van der Waals surface area contributed by atoms with E-state index in [0.717, 1.165) is 4.90 Å². The van der Waals surface area contributed by atoms with Crippen molar-refractivity contribution >= 4 is 76.0 Å². The smallest absolute Gasteiger partial charge is 0.272 e. The molecule has 4 amide bonds. The topological polar surface area (TPSA) is 114 Å². The molecule has 0 radical (unpaired) electrons. The van der Waals surface area contributed by atoms with Crippen molar-refractivity contribution < 1.29 is 28.7 Å². The van der Waals surface area contributed by atoms with Gasteiger partial charge in [0.15, 0.2) is 11.5 Å². The summed E-state index contributed by atoms with van der Waals surface area (Å²) in [5, 5.41) is 5.39. The number of nitrogens with one attached hydrogen (secondary N) is 2. The Balaban J connectivity index is 1.37. The number of nitrogens with zero attached hydrogens (tertiary/aromatic N) is 1. The highest BCUT2D eigenvalue weighted by Crippen LogP contribution is 2.37. The number of halogens is 2. The normalized spacial score (nSPS) is 14.7. The maximum atomic E-state index is 13.6. The van der Waals surface area contributed by atoms with Gasteiger partial charge >= 0.3 is 0 Å². The van der Waals surface area contributed by atoms with E-state index in [9.17, 15) is 19.2 Å². The van der Waals surface area contributed by atoms with E-state index in [-0.39, 0.29) is 29.0 Å². The summed E-state index contributed by atoms with van der Waals surface area (Å²) in [6.45, 7) is 0. The summed E-state index contributed by atoms with van der Waals surface area (Å²) in [5.74, 6) is -0.995. The highest BCUT2D eigenvalue weighted by atomic mass is 35.5. The molecule has 0 saturated carbocycles. The highest BCUT2D eigenvalue weighted by Gasteiger charge is 2.40. The third-order valence-corrected chi connectivity index (χ3v) is 8.82. The van der Waals surface area contributed by atoms with Crippen molar-refractivity contribution in [1.82, 2.24) is 5.32 Å². The molecule has 0 unspecified atom stereocenters. The first kappa shape index (κ1) is 32.6. The molecular weight excluding hydrogens is 649 g/mol. The number of imide groups is 1. The van der Waals surface area contributed by atoms with Crippen LogP contribution in [0.25, 0.3) is 6.08 Å². The van der Waals surface area contributed by atoms with Gasteiger partial charge in [0, 0.05) is 28.1 Å². The van der Waals surface area contributed by atoms with Crippen molar-refractivity contribution in [3.8, 4) is 11.5 Å². The molecule has 1 heterocycles. The van der Waals surface area contributed by atoms with E-state index in [1.165, 1.54) is 44.2 Å². The largest absolute Gasteiger partial charge is 0.493 e. The molecule has 0 spiro atoms. The van der Waals surface area contributed by atoms with Crippen molar-refractivity contribution in [3.05, 3.63) is 118 Å². The van der Waals surface area contributed by atoms with Gasteiger partial charge in [-0.1, -0.05) is 59.6 Å². The van der Waals surface area contributed by atoms with Crippen LogP contribution in [0.3, 0.4) is 0 Å². The van der Waals surface area contributed by atoms with Gasteiger partial charge in [-0.25, -0.2) is 4.90 Å². The molecule has 4 aromatic carbocycles. The summed E-state index contributed by atoms with van der Waals surface area (Å²) in [5.41, 5.74) is 1.57. The molecule has 1 aliphatic rings. The van der Waals surface area contributed by atoms with Crippen molar-refractivity contribution in [1.29, 1.82) is 0 Å². The Morgan fingerprint density at radius 3 is 2.37 bits per heavy atom. The summed E-state index contributed by atoms with van der Waals surface area (Å²) in [6, 6.07) is 25.1. The lowest BCUT2D eigenvalue weighted by molar-refractivity contribution is -0.121. The number of carbonyl (C=O) groups excluding carboxylic acids is 4. The number of thioether (sulfide) groups is 1. The highest BCUT2D eigenvalue weighted by molar-refractivity contribution is 8.00. The molecule has 0 aliphatic carbocycles. The predicted octanol–water partition coefficient (Wildman–Crippen LogP) is 6.84. The van der Waals surface area contributed by atoms with Crippen LogP contribution in [0.1, 0.15) is 22.3 Å². The summed E-state index contributed by atoms with van der Waals surface area (Å²) in [6.07, 6.45) is 1.48. The van der Waals surface area contributed by atoms with Crippen LogP contribution in [0.15, 0.2) is 102 Å². The molecule has 1 fully saturated rings. The summed E-state index contributed by atoms with van der Waals surface area (Å²) < 4.78 is 10.9. The van der Waals surface area contributed by atoms with Gasteiger partial charge < -0.3 is 20.1 Å². The van der Waals surface area contributed by atoms with Crippen LogP contribution < -0.4 is 25.0 Å². The van der Waals surface area contributed by atoms with Crippen LogP contribution in [0.4, 0.5) is 11.4 Å². The van der Waals surface area contributed by atoms with Crippen LogP contribution in [0.2, 0.25) is 10.0 Å². The van der Waals surface area contributed by atoms with Gasteiger partial charge in [-0.3, -0.25) is 19.2 Å². The Morgan fingerprint density at radius 2 is 1.65 bits per heavy atom. The predicted molar refractivity (Wildman–Crippen MR) is 180 cm³/mol. The molecule has 0 bridgehead atoms. The quantitative estimate of drug-likeness (QED) is 0.140.